The zero-order valence-electron chi connectivity index (χ0n) is 15.5. The predicted octanol–water partition coefficient (Wildman–Crippen LogP) is 3.73. The van der Waals surface area contributed by atoms with Crippen LogP contribution < -0.4 is 5.32 Å². The van der Waals surface area contributed by atoms with Crippen LogP contribution in [0.5, 0.6) is 0 Å². The van der Waals surface area contributed by atoms with Crippen molar-refractivity contribution >= 4 is 17.5 Å². The van der Waals surface area contributed by atoms with Gasteiger partial charge in [0.25, 0.3) is 0 Å². The lowest BCUT2D eigenvalue weighted by Gasteiger charge is -2.37. The Labute approximate surface area is 166 Å². The molecular weight excluding hydrogens is 376 g/mol. The van der Waals surface area contributed by atoms with Crippen molar-refractivity contribution in [2.75, 3.05) is 11.9 Å². The molecule has 2 amide bonds. The van der Waals surface area contributed by atoms with Crippen LogP contribution >= 0.6 is 0 Å². The molecule has 5 nitrogen and oxygen atoms in total. The summed E-state index contributed by atoms with van der Waals surface area (Å²) in [6, 6.07) is 14.8. The van der Waals surface area contributed by atoms with Crippen LogP contribution in [-0.4, -0.2) is 27.8 Å². The number of anilines is 1. The Bertz CT molecular complexity index is 1030. The van der Waals surface area contributed by atoms with Crippen molar-refractivity contribution in [2.24, 2.45) is 0 Å². The van der Waals surface area contributed by atoms with E-state index < -0.39 is 17.8 Å². The molecule has 0 fully saturated rings. The Kier molecular flexibility index (Phi) is 5.12. The monoisotopic (exact) mass is 395 g/mol. The third-order valence-electron chi connectivity index (χ3n) is 4.98. The molecule has 1 aliphatic heterocycles. The lowest BCUT2D eigenvalue weighted by molar-refractivity contribution is -0.136. The number of rotatable bonds is 4. The van der Waals surface area contributed by atoms with Crippen molar-refractivity contribution in [3.63, 3.8) is 0 Å². The molecule has 0 saturated carbocycles. The fourth-order valence-corrected chi connectivity index (χ4v) is 3.63. The van der Waals surface area contributed by atoms with E-state index in [0.717, 1.165) is 11.3 Å². The number of aromatic nitrogens is 1. The van der Waals surface area contributed by atoms with Gasteiger partial charge in [-0.3, -0.25) is 9.59 Å². The van der Waals surface area contributed by atoms with Crippen LogP contribution in [0, 0.1) is 11.6 Å². The minimum absolute atomic E-state index is 0.327. The molecule has 3 aromatic rings. The minimum Gasteiger partial charge on any atom is -0.348 e. The summed E-state index contributed by atoms with van der Waals surface area (Å²) in [7, 11) is 0. The zero-order valence-corrected chi connectivity index (χ0v) is 15.5. The molecule has 0 aliphatic carbocycles. The molecule has 0 spiro atoms. The molecule has 0 radical (unpaired) electrons. The zero-order chi connectivity index (χ0) is 20.4. The average molecular weight is 395 g/mol. The van der Waals surface area contributed by atoms with E-state index >= 15 is 0 Å². The van der Waals surface area contributed by atoms with Crippen LogP contribution in [0.4, 0.5) is 14.5 Å². The summed E-state index contributed by atoms with van der Waals surface area (Å²) >= 11 is 0. The highest BCUT2D eigenvalue weighted by atomic mass is 19.1. The van der Waals surface area contributed by atoms with E-state index in [4.69, 9.17) is 0 Å². The first-order chi connectivity index (χ1) is 14.0. The van der Waals surface area contributed by atoms with E-state index in [9.17, 15) is 18.4 Å². The highest BCUT2D eigenvalue weighted by Gasteiger charge is 2.32. The number of amides is 2. The maximum atomic E-state index is 13.4. The van der Waals surface area contributed by atoms with Gasteiger partial charge in [0, 0.05) is 30.7 Å². The van der Waals surface area contributed by atoms with E-state index in [1.54, 1.807) is 17.0 Å². The Morgan fingerprint density at radius 2 is 1.59 bits per heavy atom. The second-order valence-electron chi connectivity index (χ2n) is 6.90. The van der Waals surface area contributed by atoms with Gasteiger partial charge in [0.2, 0.25) is 11.8 Å². The lowest BCUT2D eigenvalue weighted by Crippen LogP contribution is -2.43. The quantitative estimate of drug-likeness (QED) is 0.685. The molecule has 0 bridgehead atoms. The fourth-order valence-electron chi connectivity index (χ4n) is 3.63. The Morgan fingerprint density at radius 3 is 2.28 bits per heavy atom. The van der Waals surface area contributed by atoms with Gasteiger partial charge in [-0.25, -0.2) is 8.78 Å². The first-order valence-corrected chi connectivity index (χ1v) is 9.26. The molecule has 1 atom stereocenters. The van der Waals surface area contributed by atoms with Crippen molar-refractivity contribution < 1.29 is 18.4 Å². The minimum atomic E-state index is -0.472. The predicted molar refractivity (Wildman–Crippen MR) is 104 cm³/mol. The maximum Gasteiger partial charge on any atom is 0.233 e. The molecule has 1 N–H and O–H groups in total. The van der Waals surface area contributed by atoms with Gasteiger partial charge in [-0.1, -0.05) is 12.1 Å². The second kappa shape index (κ2) is 7.87. The molecule has 1 aromatic heterocycles. The number of fused-ring (bicyclic) bond motifs is 1. The molecule has 0 unspecified atom stereocenters. The molecule has 2 heterocycles. The number of halogens is 2. The number of hydrogen-bond donors (Lipinski definition) is 1. The highest BCUT2D eigenvalue weighted by molar-refractivity contribution is 6.03. The molecule has 0 saturated heterocycles. The molecule has 4 rings (SSSR count). The smallest absolute Gasteiger partial charge is 0.233 e. The number of nitrogens with zero attached hydrogens (tertiary/aromatic N) is 2. The maximum absolute atomic E-state index is 13.4. The van der Waals surface area contributed by atoms with Crippen molar-refractivity contribution in [3.8, 4) is 0 Å². The number of nitrogens with one attached hydrogen (secondary N) is 1. The van der Waals surface area contributed by atoms with Gasteiger partial charge < -0.3 is 14.8 Å². The molecular formula is C22H19F2N3O2. The van der Waals surface area contributed by atoms with Gasteiger partial charge in [0.15, 0.2) is 0 Å². The number of carbonyl (C=O) groups is 2. The topological polar surface area (TPSA) is 54.3 Å². The standard InChI is InChI=1S/C22H19F2N3O2/c23-16-5-3-15(4-6-16)22-19-2-1-11-26(19)12-13-27(22)21(29)14-20(28)25-18-9-7-17(24)8-10-18/h1-11,22H,12-14H2,(H,25,28)/t22-/m1/s1. The fraction of sp³-hybridized carbons (Fsp3) is 0.182. The van der Waals surface area contributed by atoms with Crippen LogP contribution in [0.25, 0.3) is 0 Å². The van der Waals surface area contributed by atoms with Crippen LogP contribution in [0.3, 0.4) is 0 Å². The van der Waals surface area contributed by atoms with Gasteiger partial charge in [0.1, 0.15) is 18.1 Å². The summed E-state index contributed by atoms with van der Waals surface area (Å²) in [6.45, 7) is 1.05. The Morgan fingerprint density at radius 1 is 0.931 bits per heavy atom. The lowest BCUT2D eigenvalue weighted by atomic mass is 9.99. The molecule has 1 aliphatic rings. The van der Waals surface area contributed by atoms with Crippen LogP contribution in [0.1, 0.15) is 23.7 Å². The SMILES string of the molecule is O=C(CC(=O)N1CCn2cccc2[C@H]1c1ccc(F)cc1)Nc1ccc(F)cc1. The summed E-state index contributed by atoms with van der Waals surface area (Å²) in [4.78, 5) is 26.9. The normalized spacial score (nSPS) is 15.7. The van der Waals surface area contributed by atoms with Crippen LogP contribution in [0.15, 0.2) is 66.9 Å². The van der Waals surface area contributed by atoms with Gasteiger partial charge in [-0.05, 0) is 54.1 Å². The Hall–Kier alpha value is -3.48. The van der Waals surface area contributed by atoms with E-state index in [1.165, 1.54) is 36.4 Å². The van der Waals surface area contributed by atoms with Crippen LogP contribution in [-0.2, 0) is 16.1 Å². The molecule has 7 heteroatoms. The van der Waals surface area contributed by atoms with Crippen molar-refractivity contribution in [3.05, 3.63) is 89.8 Å². The van der Waals surface area contributed by atoms with Crippen molar-refractivity contribution in [2.45, 2.75) is 19.0 Å². The van der Waals surface area contributed by atoms with Gasteiger partial charge in [-0.15, -0.1) is 0 Å². The average Bonchev–Trinajstić information content (AvgIpc) is 3.18. The van der Waals surface area contributed by atoms with E-state index in [-0.39, 0.29) is 18.1 Å². The Balaban J connectivity index is 1.53. The van der Waals surface area contributed by atoms with Gasteiger partial charge in [0.05, 0.1) is 6.04 Å². The molecule has 148 valence electrons. The first-order valence-electron chi connectivity index (χ1n) is 9.26. The number of benzene rings is 2. The number of hydrogen-bond acceptors (Lipinski definition) is 2. The number of carbonyl (C=O) groups excluding carboxylic acids is 2. The van der Waals surface area contributed by atoms with E-state index in [0.29, 0.717) is 18.8 Å². The highest BCUT2D eigenvalue weighted by Crippen LogP contribution is 2.33. The van der Waals surface area contributed by atoms with Gasteiger partial charge >= 0.3 is 0 Å². The van der Waals surface area contributed by atoms with Crippen molar-refractivity contribution in [1.29, 1.82) is 0 Å². The summed E-state index contributed by atoms with van der Waals surface area (Å²) in [5.41, 5.74) is 2.11. The third-order valence-corrected chi connectivity index (χ3v) is 4.98. The summed E-state index contributed by atoms with van der Waals surface area (Å²) in [6.07, 6.45) is 1.60. The summed E-state index contributed by atoms with van der Waals surface area (Å²) in [5, 5.41) is 2.61. The van der Waals surface area contributed by atoms with Crippen LogP contribution in [0.2, 0.25) is 0 Å². The largest absolute Gasteiger partial charge is 0.348 e. The first kappa shape index (κ1) is 18.9. The second-order valence-corrected chi connectivity index (χ2v) is 6.90. The third kappa shape index (κ3) is 4.03. The summed E-state index contributed by atoms with van der Waals surface area (Å²) in [5.74, 6) is -1.55. The molecule has 29 heavy (non-hydrogen) atoms. The summed E-state index contributed by atoms with van der Waals surface area (Å²) < 4.78 is 28.4. The van der Waals surface area contributed by atoms with Gasteiger partial charge in [-0.2, -0.15) is 0 Å². The van der Waals surface area contributed by atoms with E-state index in [1.807, 2.05) is 18.3 Å². The molecule has 2 aromatic carbocycles. The van der Waals surface area contributed by atoms with E-state index in [2.05, 4.69) is 9.88 Å². The van der Waals surface area contributed by atoms with Crippen molar-refractivity contribution in [1.82, 2.24) is 9.47 Å².